The summed E-state index contributed by atoms with van der Waals surface area (Å²) in [6, 6.07) is 13.8. The Morgan fingerprint density at radius 3 is 2.82 bits per heavy atom. The fourth-order valence-corrected chi connectivity index (χ4v) is 3.18. The zero-order chi connectivity index (χ0) is 20.1. The Labute approximate surface area is 170 Å². The van der Waals surface area contributed by atoms with E-state index in [1.807, 2.05) is 30.5 Å². The van der Waals surface area contributed by atoms with Crippen molar-refractivity contribution in [2.45, 2.75) is 11.5 Å². The van der Waals surface area contributed by atoms with E-state index in [2.05, 4.69) is 4.98 Å². The van der Waals surface area contributed by atoms with E-state index in [4.69, 9.17) is 16.3 Å². The van der Waals surface area contributed by atoms with E-state index in [9.17, 15) is 14.9 Å². The van der Waals surface area contributed by atoms with Crippen LogP contribution in [0.4, 0.5) is 5.69 Å². The van der Waals surface area contributed by atoms with E-state index < -0.39 is 10.9 Å². The number of aromatic nitrogens is 1. The molecule has 0 amide bonds. The lowest BCUT2D eigenvalue weighted by Gasteiger charge is -2.07. The van der Waals surface area contributed by atoms with Gasteiger partial charge in [-0.2, -0.15) is 0 Å². The van der Waals surface area contributed by atoms with Crippen molar-refractivity contribution in [2.24, 2.45) is 0 Å². The van der Waals surface area contributed by atoms with Crippen LogP contribution in [0.3, 0.4) is 0 Å². The van der Waals surface area contributed by atoms with Crippen molar-refractivity contribution in [3.63, 3.8) is 0 Å². The number of ether oxygens (including phenoxy) is 1. The summed E-state index contributed by atoms with van der Waals surface area (Å²) in [6.45, 7) is -0.0495. The van der Waals surface area contributed by atoms with Gasteiger partial charge in [-0.05, 0) is 36.6 Å². The molecule has 0 radical (unpaired) electrons. The van der Waals surface area contributed by atoms with Crippen molar-refractivity contribution in [3.05, 3.63) is 81.0 Å². The Morgan fingerprint density at radius 2 is 2.07 bits per heavy atom. The standard InChI is InChI=1S/C20H15ClN2O4S/c1-28-16-8-6-14-10-15(20(21)22-17(14)11-16)12-27-19(24)9-7-13-4-2-3-5-18(13)23(25)26/h2-11H,12H2,1H3/b9-7+. The number of carbonyl (C=O) groups is 1. The van der Waals surface area contributed by atoms with Gasteiger partial charge in [0.2, 0.25) is 0 Å². The van der Waals surface area contributed by atoms with Crippen LogP contribution < -0.4 is 0 Å². The lowest BCUT2D eigenvalue weighted by atomic mass is 10.1. The fraction of sp³-hybridized carbons (Fsp3) is 0.100. The average molecular weight is 415 g/mol. The first-order valence-corrected chi connectivity index (χ1v) is 9.79. The summed E-state index contributed by atoms with van der Waals surface area (Å²) in [5.74, 6) is -0.632. The maximum atomic E-state index is 12.0. The lowest BCUT2D eigenvalue weighted by Crippen LogP contribution is -2.02. The molecule has 0 spiro atoms. The molecule has 2 aromatic carbocycles. The van der Waals surface area contributed by atoms with Crippen LogP contribution in [-0.2, 0) is 16.1 Å². The molecular formula is C20H15ClN2O4S. The quantitative estimate of drug-likeness (QED) is 0.136. The third kappa shape index (κ3) is 4.68. The number of hydrogen-bond donors (Lipinski definition) is 0. The molecule has 0 atom stereocenters. The number of esters is 1. The van der Waals surface area contributed by atoms with E-state index in [-0.39, 0.29) is 17.4 Å². The maximum Gasteiger partial charge on any atom is 0.331 e. The largest absolute Gasteiger partial charge is 0.458 e. The van der Waals surface area contributed by atoms with Gasteiger partial charge < -0.3 is 4.74 Å². The number of rotatable bonds is 6. The topological polar surface area (TPSA) is 82.3 Å². The minimum Gasteiger partial charge on any atom is -0.458 e. The van der Waals surface area contributed by atoms with Crippen LogP contribution in [-0.4, -0.2) is 22.1 Å². The number of nitro groups is 1. The zero-order valence-electron chi connectivity index (χ0n) is 14.8. The molecule has 8 heteroatoms. The zero-order valence-corrected chi connectivity index (χ0v) is 16.4. The fourth-order valence-electron chi connectivity index (χ4n) is 2.54. The summed E-state index contributed by atoms with van der Waals surface area (Å²) in [7, 11) is 0. The van der Waals surface area contributed by atoms with Gasteiger partial charge >= 0.3 is 5.97 Å². The molecule has 0 bridgehead atoms. The van der Waals surface area contributed by atoms with Crippen molar-refractivity contribution in [1.29, 1.82) is 0 Å². The molecule has 28 heavy (non-hydrogen) atoms. The number of carbonyl (C=O) groups excluding carboxylic acids is 1. The smallest absolute Gasteiger partial charge is 0.331 e. The van der Waals surface area contributed by atoms with Gasteiger partial charge in [0.25, 0.3) is 5.69 Å². The predicted octanol–water partition coefficient (Wildman–Crippen LogP) is 5.27. The van der Waals surface area contributed by atoms with Gasteiger partial charge in [0, 0.05) is 28.0 Å². The molecule has 1 heterocycles. The number of halogens is 1. The molecule has 0 aliphatic carbocycles. The number of hydrogen-bond acceptors (Lipinski definition) is 6. The van der Waals surface area contributed by atoms with E-state index >= 15 is 0 Å². The molecule has 1 aromatic heterocycles. The lowest BCUT2D eigenvalue weighted by molar-refractivity contribution is -0.385. The molecule has 0 aliphatic heterocycles. The number of fused-ring (bicyclic) bond motifs is 1. The molecular weight excluding hydrogens is 400 g/mol. The van der Waals surface area contributed by atoms with Gasteiger partial charge in [-0.1, -0.05) is 29.8 Å². The second kappa shape index (κ2) is 8.86. The molecule has 3 rings (SSSR count). The van der Waals surface area contributed by atoms with Crippen molar-refractivity contribution in [3.8, 4) is 0 Å². The number of thioether (sulfide) groups is 1. The molecule has 0 saturated heterocycles. The van der Waals surface area contributed by atoms with E-state index in [1.54, 1.807) is 30.0 Å². The molecule has 142 valence electrons. The summed E-state index contributed by atoms with van der Waals surface area (Å²) in [5, 5.41) is 12.2. The second-order valence-electron chi connectivity index (χ2n) is 5.75. The van der Waals surface area contributed by atoms with E-state index in [0.717, 1.165) is 21.9 Å². The highest BCUT2D eigenvalue weighted by Crippen LogP contribution is 2.25. The molecule has 0 unspecified atom stereocenters. The minimum absolute atomic E-state index is 0.0495. The predicted molar refractivity (Wildman–Crippen MR) is 110 cm³/mol. The summed E-state index contributed by atoms with van der Waals surface area (Å²) in [6.07, 6.45) is 4.48. The van der Waals surface area contributed by atoms with Gasteiger partial charge in [0.15, 0.2) is 0 Å². The van der Waals surface area contributed by atoms with Gasteiger partial charge in [0.05, 0.1) is 16.0 Å². The van der Waals surface area contributed by atoms with Crippen molar-refractivity contribution >= 4 is 52.0 Å². The summed E-state index contributed by atoms with van der Waals surface area (Å²) >= 11 is 7.82. The molecule has 0 saturated carbocycles. The molecule has 0 aliphatic rings. The average Bonchev–Trinajstić information content (AvgIpc) is 2.70. The van der Waals surface area contributed by atoms with E-state index in [0.29, 0.717) is 11.1 Å². The number of nitro benzene ring substituents is 1. The van der Waals surface area contributed by atoms with Crippen LogP contribution in [0.25, 0.3) is 17.0 Å². The Kier molecular flexibility index (Phi) is 6.28. The summed E-state index contributed by atoms with van der Waals surface area (Å²) in [5.41, 5.74) is 1.58. The number of pyridine rings is 1. The Balaban J connectivity index is 1.71. The van der Waals surface area contributed by atoms with Crippen molar-refractivity contribution < 1.29 is 14.5 Å². The van der Waals surface area contributed by atoms with E-state index in [1.165, 1.54) is 12.1 Å². The first kappa shape index (κ1) is 19.9. The van der Waals surface area contributed by atoms with Crippen LogP contribution in [0.15, 0.2) is 59.5 Å². The van der Waals surface area contributed by atoms with Crippen LogP contribution in [0.1, 0.15) is 11.1 Å². The normalized spacial score (nSPS) is 11.1. The minimum atomic E-state index is -0.632. The molecule has 0 fully saturated rings. The van der Waals surface area contributed by atoms with Crippen molar-refractivity contribution in [1.82, 2.24) is 4.98 Å². The highest BCUT2D eigenvalue weighted by atomic mass is 35.5. The van der Waals surface area contributed by atoms with Crippen LogP contribution in [0.2, 0.25) is 5.15 Å². The monoisotopic (exact) mass is 414 g/mol. The van der Waals surface area contributed by atoms with Crippen molar-refractivity contribution in [2.75, 3.05) is 6.26 Å². The third-order valence-corrected chi connectivity index (χ3v) is 5.01. The molecule has 3 aromatic rings. The molecule has 6 nitrogen and oxygen atoms in total. The Hall–Kier alpha value is -2.90. The molecule has 0 N–H and O–H groups in total. The SMILES string of the molecule is CSc1ccc2cc(COC(=O)/C=C/c3ccccc3[N+](=O)[O-])c(Cl)nc2c1. The third-order valence-electron chi connectivity index (χ3n) is 3.95. The first-order chi connectivity index (χ1) is 13.5. The van der Waals surface area contributed by atoms with Gasteiger partial charge in [-0.3, -0.25) is 10.1 Å². The van der Waals surface area contributed by atoms with Crippen LogP contribution >= 0.6 is 23.4 Å². The number of nitrogens with zero attached hydrogens (tertiary/aromatic N) is 2. The van der Waals surface area contributed by atoms with Gasteiger partial charge in [0.1, 0.15) is 11.8 Å². The Morgan fingerprint density at radius 1 is 1.29 bits per heavy atom. The van der Waals surface area contributed by atoms with Crippen LogP contribution in [0.5, 0.6) is 0 Å². The highest BCUT2D eigenvalue weighted by Gasteiger charge is 2.11. The summed E-state index contributed by atoms with van der Waals surface area (Å²) in [4.78, 5) is 27.9. The highest BCUT2D eigenvalue weighted by molar-refractivity contribution is 7.98. The number of benzene rings is 2. The van der Waals surface area contributed by atoms with Crippen LogP contribution in [0, 0.1) is 10.1 Å². The van der Waals surface area contributed by atoms with Gasteiger partial charge in [-0.15, -0.1) is 11.8 Å². The summed E-state index contributed by atoms with van der Waals surface area (Å²) < 4.78 is 5.20. The van der Waals surface area contributed by atoms with Gasteiger partial charge in [-0.25, -0.2) is 9.78 Å². The Bertz CT molecular complexity index is 1080. The maximum absolute atomic E-state index is 12.0. The first-order valence-electron chi connectivity index (χ1n) is 8.19. The second-order valence-corrected chi connectivity index (χ2v) is 6.99. The number of para-hydroxylation sites is 1.